The highest BCUT2D eigenvalue weighted by atomic mass is 32.1. The molecule has 2 aromatic rings. The second-order valence-corrected chi connectivity index (χ2v) is 4.42. The lowest BCUT2D eigenvalue weighted by atomic mass is 10.1. The summed E-state index contributed by atoms with van der Waals surface area (Å²) in [5, 5.41) is 13.6. The van der Waals surface area contributed by atoms with Crippen molar-refractivity contribution in [1.82, 2.24) is 10.3 Å². The molecule has 0 bridgehead atoms. The van der Waals surface area contributed by atoms with Gasteiger partial charge in [0.15, 0.2) is 5.01 Å². The van der Waals surface area contributed by atoms with Gasteiger partial charge >= 0.3 is 5.97 Å². The number of amides is 1. The minimum absolute atomic E-state index is 0.227. The number of aromatic carboxylic acids is 1. The van der Waals surface area contributed by atoms with E-state index < -0.39 is 5.97 Å². The van der Waals surface area contributed by atoms with Gasteiger partial charge in [-0.25, -0.2) is 9.78 Å². The fourth-order valence-corrected chi connectivity index (χ4v) is 1.91. The molecule has 92 valence electrons. The maximum absolute atomic E-state index is 11.6. The average molecular weight is 262 g/mol. The molecule has 0 fully saturated rings. The Labute approximate surface area is 107 Å². The molecule has 6 heteroatoms. The third-order valence-corrected chi connectivity index (χ3v) is 3.05. The Morgan fingerprint density at radius 2 is 2.00 bits per heavy atom. The van der Waals surface area contributed by atoms with Crippen LogP contribution in [0.15, 0.2) is 35.8 Å². The normalized spacial score (nSPS) is 10.0. The molecule has 2 N–H and O–H groups in total. The van der Waals surface area contributed by atoms with E-state index in [9.17, 15) is 9.59 Å². The summed E-state index contributed by atoms with van der Waals surface area (Å²) in [6.07, 6.45) is 1.57. The van der Waals surface area contributed by atoms with Crippen molar-refractivity contribution >= 4 is 23.2 Å². The highest BCUT2D eigenvalue weighted by Gasteiger charge is 2.07. The van der Waals surface area contributed by atoms with Gasteiger partial charge in [0.1, 0.15) is 0 Å². The molecule has 18 heavy (non-hydrogen) atoms. The molecule has 0 unspecified atom stereocenters. The van der Waals surface area contributed by atoms with Crippen molar-refractivity contribution in [2.75, 3.05) is 0 Å². The second-order valence-electron chi connectivity index (χ2n) is 3.52. The molecule has 0 aliphatic heterocycles. The standard InChI is InChI=1S/C12H10N2O3S/c15-10(11-13-5-6-18-11)14-7-8-1-3-9(4-2-8)12(16)17/h1-6H,7H2,(H,14,15)(H,16,17). The molecule has 5 nitrogen and oxygen atoms in total. The molecule has 0 aliphatic rings. The molecule has 1 amide bonds. The first-order valence-electron chi connectivity index (χ1n) is 5.17. The van der Waals surface area contributed by atoms with Crippen molar-refractivity contribution in [3.63, 3.8) is 0 Å². The number of thiazole rings is 1. The lowest BCUT2D eigenvalue weighted by molar-refractivity contribution is 0.0696. The summed E-state index contributed by atoms with van der Waals surface area (Å²) in [6, 6.07) is 6.36. The van der Waals surface area contributed by atoms with Gasteiger partial charge in [-0.15, -0.1) is 11.3 Å². The molecule has 0 spiro atoms. The van der Waals surface area contributed by atoms with Crippen LogP contribution in [0.3, 0.4) is 0 Å². The lowest BCUT2D eigenvalue weighted by Crippen LogP contribution is -2.22. The summed E-state index contributed by atoms with van der Waals surface area (Å²) in [5.74, 6) is -1.19. The van der Waals surface area contributed by atoms with Gasteiger partial charge in [0.2, 0.25) is 0 Å². The van der Waals surface area contributed by atoms with Crippen LogP contribution in [0.2, 0.25) is 0 Å². The van der Waals surface area contributed by atoms with E-state index in [-0.39, 0.29) is 11.5 Å². The quantitative estimate of drug-likeness (QED) is 0.880. The first kappa shape index (κ1) is 12.3. The van der Waals surface area contributed by atoms with E-state index in [4.69, 9.17) is 5.11 Å². The topological polar surface area (TPSA) is 79.3 Å². The minimum Gasteiger partial charge on any atom is -0.478 e. The Morgan fingerprint density at radius 3 is 2.56 bits per heavy atom. The van der Waals surface area contributed by atoms with Gasteiger partial charge in [-0.1, -0.05) is 12.1 Å². The maximum atomic E-state index is 11.6. The molecular formula is C12H10N2O3S. The van der Waals surface area contributed by atoms with Crippen molar-refractivity contribution in [1.29, 1.82) is 0 Å². The fourth-order valence-electron chi connectivity index (χ4n) is 1.36. The number of carbonyl (C=O) groups excluding carboxylic acids is 1. The number of nitrogens with zero attached hydrogens (tertiary/aromatic N) is 1. The zero-order valence-electron chi connectivity index (χ0n) is 9.29. The zero-order valence-corrected chi connectivity index (χ0v) is 10.1. The first-order chi connectivity index (χ1) is 8.66. The number of nitrogens with one attached hydrogen (secondary N) is 1. The van der Waals surface area contributed by atoms with Crippen LogP contribution in [0.25, 0.3) is 0 Å². The van der Waals surface area contributed by atoms with Gasteiger partial charge < -0.3 is 10.4 Å². The number of carbonyl (C=O) groups is 2. The van der Waals surface area contributed by atoms with E-state index in [2.05, 4.69) is 10.3 Å². The molecule has 1 heterocycles. The predicted molar refractivity (Wildman–Crippen MR) is 66.7 cm³/mol. The van der Waals surface area contributed by atoms with Gasteiger partial charge in [0.25, 0.3) is 5.91 Å². The Bertz CT molecular complexity index is 549. The van der Waals surface area contributed by atoms with Crippen LogP contribution >= 0.6 is 11.3 Å². The zero-order chi connectivity index (χ0) is 13.0. The molecule has 0 saturated carbocycles. The van der Waals surface area contributed by atoms with Crippen molar-refractivity contribution in [2.45, 2.75) is 6.54 Å². The largest absolute Gasteiger partial charge is 0.478 e. The van der Waals surface area contributed by atoms with Crippen LogP contribution in [0.4, 0.5) is 0 Å². The van der Waals surface area contributed by atoms with Gasteiger partial charge in [-0.3, -0.25) is 4.79 Å². The highest BCUT2D eigenvalue weighted by Crippen LogP contribution is 2.06. The minimum atomic E-state index is -0.964. The Kier molecular flexibility index (Phi) is 3.69. The molecule has 0 radical (unpaired) electrons. The maximum Gasteiger partial charge on any atom is 0.335 e. The average Bonchev–Trinajstić information content (AvgIpc) is 2.90. The van der Waals surface area contributed by atoms with E-state index in [0.717, 1.165) is 5.56 Å². The molecule has 1 aromatic carbocycles. The number of carboxylic acid groups (broad SMARTS) is 1. The predicted octanol–water partition coefficient (Wildman–Crippen LogP) is 1.77. The second kappa shape index (κ2) is 5.42. The van der Waals surface area contributed by atoms with Crippen molar-refractivity contribution in [2.24, 2.45) is 0 Å². The number of hydrogen-bond donors (Lipinski definition) is 2. The van der Waals surface area contributed by atoms with Crippen LogP contribution in [0.5, 0.6) is 0 Å². The SMILES string of the molecule is O=C(O)c1ccc(CNC(=O)c2nccs2)cc1. The molecule has 2 rings (SSSR count). The van der Waals surface area contributed by atoms with E-state index in [1.165, 1.54) is 23.5 Å². The third kappa shape index (κ3) is 2.92. The Morgan fingerprint density at radius 1 is 1.28 bits per heavy atom. The number of hydrogen-bond acceptors (Lipinski definition) is 4. The Hall–Kier alpha value is -2.21. The summed E-state index contributed by atoms with van der Waals surface area (Å²) in [7, 11) is 0. The lowest BCUT2D eigenvalue weighted by Gasteiger charge is -2.03. The monoisotopic (exact) mass is 262 g/mol. The van der Waals surface area contributed by atoms with Crippen molar-refractivity contribution in [3.05, 3.63) is 52.0 Å². The van der Waals surface area contributed by atoms with Crippen molar-refractivity contribution in [3.8, 4) is 0 Å². The highest BCUT2D eigenvalue weighted by molar-refractivity contribution is 7.11. The van der Waals surface area contributed by atoms with Crippen LogP contribution in [0, 0.1) is 0 Å². The van der Waals surface area contributed by atoms with Gasteiger partial charge in [0.05, 0.1) is 5.56 Å². The summed E-state index contributed by atoms with van der Waals surface area (Å²) < 4.78 is 0. The summed E-state index contributed by atoms with van der Waals surface area (Å²) in [4.78, 5) is 26.1. The fraction of sp³-hybridized carbons (Fsp3) is 0.0833. The van der Waals surface area contributed by atoms with Crippen LogP contribution in [-0.2, 0) is 6.54 Å². The Balaban J connectivity index is 1.94. The molecule has 0 atom stereocenters. The molecular weight excluding hydrogens is 252 g/mol. The number of rotatable bonds is 4. The molecule has 1 aromatic heterocycles. The van der Waals surface area contributed by atoms with E-state index in [1.807, 2.05) is 0 Å². The number of benzene rings is 1. The molecule has 0 saturated heterocycles. The van der Waals surface area contributed by atoms with E-state index >= 15 is 0 Å². The van der Waals surface area contributed by atoms with Gasteiger partial charge in [-0.2, -0.15) is 0 Å². The van der Waals surface area contributed by atoms with Crippen LogP contribution in [0.1, 0.15) is 25.7 Å². The van der Waals surface area contributed by atoms with E-state index in [0.29, 0.717) is 11.6 Å². The van der Waals surface area contributed by atoms with E-state index in [1.54, 1.807) is 23.7 Å². The first-order valence-corrected chi connectivity index (χ1v) is 6.04. The third-order valence-electron chi connectivity index (χ3n) is 2.28. The van der Waals surface area contributed by atoms with Crippen molar-refractivity contribution < 1.29 is 14.7 Å². The summed E-state index contributed by atoms with van der Waals surface area (Å²) in [6.45, 7) is 0.346. The van der Waals surface area contributed by atoms with Gasteiger partial charge in [0, 0.05) is 18.1 Å². The van der Waals surface area contributed by atoms with Crippen LogP contribution in [-0.4, -0.2) is 22.0 Å². The van der Waals surface area contributed by atoms with Crippen LogP contribution < -0.4 is 5.32 Å². The summed E-state index contributed by atoms with van der Waals surface area (Å²) in [5.41, 5.74) is 1.06. The van der Waals surface area contributed by atoms with Gasteiger partial charge in [-0.05, 0) is 17.7 Å². The number of aromatic nitrogens is 1. The smallest absolute Gasteiger partial charge is 0.335 e. The summed E-state index contributed by atoms with van der Waals surface area (Å²) >= 11 is 1.27. The number of carboxylic acids is 1. The molecule has 0 aliphatic carbocycles.